The van der Waals surface area contributed by atoms with Crippen LogP contribution in [0.4, 0.5) is 34.1 Å². The third-order valence-electron chi connectivity index (χ3n) is 8.93. The second kappa shape index (κ2) is 18.3. The van der Waals surface area contributed by atoms with Crippen LogP contribution in [0.25, 0.3) is 0 Å². The Bertz CT molecular complexity index is 3030. The maximum Gasteiger partial charge on any atom is 0.294 e. The number of carbonyl (C=O) groups is 2. The van der Waals surface area contributed by atoms with Crippen molar-refractivity contribution in [2.45, 2.75) is 23.6 Å². The molecule has 0 heterocycles. The molecule has 19 heteroatoms. The van der Waals surface area contributed by atoms with Gasteiger partial charge in [-0.15, -0.1) is 0 Å². The number of hydrogen-bond donors (Lipinski definition) is 8. The van der Waals surface area contributed by atoms with Crippen LogP contribution in [0.15, 0.2) is 158 Å². The fraction of sp³-hybridized carbons (Fsp3) is 0.0465. The highest BCUT2D eigenvalue weighted by Gasteiger charge is 2.15. The van der Waals surface area contributed by atoms with Crippen LogP contribution in [0.1, 0.15) is 43.0 Å². The molecule has 0 fully saturated rings. The van der Waals surface area contributed by atoms with Crippen molar-refractivity contribution < 1.29 is 50.8 Å². The number of rotatable bonds is 12. The van der Waals surface area contributed by atoms with Gasteiger partial charge in [0.15, 0.2) is 0 Å². The van der Waals surface area contributed by atoms with Gasteiger partial charge in [0.2, 0.25) is 11.8 Å². The maximum atomic E-state index is 13.0. The van der Waals surface area contributed by atoms with Gasteiger partial charge in [-0.3, -0.25) is 18.7 Å². The van der Waals surface area contributed by atoms with E-state index in [2.05, 4.69) is 30.9 Å². The molecule has 2 amide bonds. The third-order valence-corrected chi connectivity index (χ3v) is 10.7. The molecule has 8 N–H and O–H groups in total. The Balaban J connectivity index is 1.12. The zero-order chi connectivity index (χ0) is 44.8. The van der Waals surface area contributed by atoms with Gasteiger partial charge in [-0.05, 0) is 134 Å². The monoisotopic (exact) mass is 876 g/mol. The number of amides is 2. The zero-order valence-corrected chi connectivity index (χ0v) is 34.2. The van der Waals surface area contributed by atoms with Gasteiger partial charge < -0.3 is 31.3 Å². The largest absolute Gasteiger partial charge is 0.493 e. The topological polar surface area (TPSA) is 277 Å². The summed E-state index contributed by atoms with van der Waals surface area (Å²) in [5.41, 5.74) is 3.82. The fourth-order valence-electron chi connectivity index (χ4n) is 5.66. The second-order valence-electron chi connectivity index (χ2n) is 13.5. The van der Waals surface area contributed by atoms with Crippen molar-refractivity contribution >= 4 is 84.0 Å². The van der Waals surface area contributed by atoms with Crippen LogP contribution in [-0.4, -0.2) is 70.9 Å². The molecule has 6 aromatic carbocycles. The van der Waals surface area contributed by atoms with Crippen LogP contribution in [0, 0.1) is 13.8 Å². The number of aliphatic imine (C=N–C) groups is 3. The minimum absolute atomic E-state index is 0.191. The summed E-state index contributed by atoms with van der Waals surface area (Å²) < 4.78 is 63.6. The predicted octanol–water partition coefficient (Wildman–Crippen LogP) is 8.23. The molecule has 0 aromatic heterocycles. The number of aliphatic hydroxyl groups excluding tert-OH is 3. The number of carbonyl (C=O) groups excluding carboxylic acids is 2. The molecule has 0 aliphatic heterocycles. The Kier molecular flexibility index (Phi) is 12.9. The van der Waals surface area contributed by atoms with E-state index in [0.717, 1.165) is 24.3 Å². The molecule has 0 radical (unpaired) electrons. The Morgan fingerprint density at radius 2 is 0.903 bits per heavy atom. The first-order chi connectivity index (χ1) is 29.3. The normalized spacial score (nSPS) is 12.4. The molecule has 6 aromatic rings. The highest BCUT2D eigenvalue weighted by molar-refractivity contribution is 7.86. The van der Waals surface area contributed by atoms with Crippen molar-refractivity contribution in [1.29, 1.82) is 0 Å². The molecule has 316 valence electrons. The van der Waals surface area contributed by atoms with Crippen molar-refractivity contribution in [2.75, 3.05) is 16.0 Å². The first kappa shape index (κ1) is 43.9. The first-order valence-electron chi connectivity index (χ1n) is 18.1. The van der Waals surface area contributed by atoms with E-state index in [9.17, 15) is 50.8 Å². The number of aryl methyl sites for hydroxylation is 2. The van der Waals surface area contributed by atoms with Crippen LogP contribution < -0.4 is 16.0 Å². The highest BCUT2D eigenvalue weighted by atomic mass is 32.2. The van der Waals surface area contributed by atoms with Gasteiger partial charge in [0, 0.05) is 39.3 Å². The predicted molar refractivity (Wildman–Crippen MR) is 235 cm³/mol. The van der Waals surface area contributed by atoms with E-state index in [0.29, 0.717) is 16.8 Å². The third kappa shape index (κ3) is 11.3. The standard InChI is InChI=1S/C43H36N6O11S2/c1-25-9-11-29(39(50)44-31-13-17-35(18-14-31)61(55,56)57)23-37(25)48-41(52)27-5-3-7-33(21-27)46-43(54)47-34-8-4-6-28(22-34)42(53)49-38-24-30(12-10-26(38)2)40(51)45-32-15-19-36(20-16-32)62(58,59)60/h3-24H,1-2H3,(H,44,50)(H,45,51)(H,48,52)(H,49,53)(H2,46,47,54)(H,55,56,57)(H,58,59,60). The average molecular weight is 877 g/mol. The van der Waals surface area contributed by atoms with Crippen LogP contribution >= 0.6 is 0 Å². The lowest BCUT2D eigenvalue weighted by molar-refractivity contribution is 0.101. The molecule has 0 atom stereocenters. The number of nitrogens with one attached hydrogen (secondary N) is 3. The zero-order valence-electron chi connectivity index (χ0n) is 32.5. The van der Waals surface area contributed by atoms with E-state index >= 15 is 0 Å². The van der Waals surface area contributed by atoms with Crippen molar-refractivity contribution in [3.63, 3.8) is 0 Å². The minimum atomic E-state index is -4.40. The van der Waals surface area contributed by atoms with E-state index in [1.165, 1.54) is 48.5 Å². The summed E-state index contributed by atoms with van der Waals surface area (Å²) in [4.78, 5) is 38.0. The van der Waals surface area contributed by atoms with E-state index in [1.54, 1.807) is 74.5 Å². The number of nitrogens with zero attached hydrogens (tertiary/aromatic N) is 3. The average Bonchev–Trinajstić information content (AvgIpc) is 3.22. The fourth-order valence-corrected chi connectivity index (χ4v) is 6.62. The van der Waals surface area contributed by atoms with Gasteiger partial charge in [-0.2, -0.15) is 21.8 Å². The molecule has 0 saturated heterocycles. The molecule has 0 saturated carbocycles. The van der Waals surface area contributed by atoms with E-state index in [1.807, 2.05) is 0 Å². The van der Waals surface area contributed by atoms with Crippen molar-refractivity contribution in [1.82, 2.24) is 0 Å². The molecular formula is C43H36N6O11S2. The molecule has 0 spiro atoms. The molecule has 0 aliphatic carbocycles. The van der Waals surface area contributed by atoms with Crippen molar-refractivity contribution in [3.8, 4) is 0 Å². The Labute approximate surface area is 355 Å². The summed E-state index contributed by atoms with van der Waals surface area (Å²) in [7, 11) is -8.79. The molecule has 0 unspecified atom stereocenters. The van der Waals surface area contributed by atoms with Crippen LogP contribution in [0.5, 0.6) is 0 Å². The second-order valence-corrected chi connectivity index (χ2v) is 16.3. The minimum Gasteiger partial charge on any atom is -0.493 e. The van der Waals surface area contributed by atoms with Gasteiger partial charge in [-0.25, -0.2) is 9.98 Å². The summed E-state index contributed by atoms with van der Waals surface area (Å²) in [6.45, 7) is 3.47. The summed E-state index contributed by atoms with van der Waals surface area (Å²) in [5.74, 6) is -1.88. The lowest BCUT2D eigenvalue weighted by Gasteiger charge is -2.09. The maximum absolute atomic E-state index is 13.0. The van der Waals surface area contributed by atoms with Gasteiger partial charge in [0.25, 0.3) is 38.1 Å². The summed E-state index contributed by atoms with van der Waals surface area (Å²) in [6.07, 6.45) is 0. The molecule has 0 aliphatic rings. The number of aliphatic hydroxyl groups is 3. The lowest BCUT2D eigenvalue weighted by atomic mass is 10.1. The molecule has 17 nitrogen and oxygen atoms in total. The van der Waals surface area contributed by atoms with Crippen LogP contribution in [0.3, 0.4) is 0 Å². The van der Waals surface area contributed by atoms with Crippen LogP contribution in [-0.2, 0) is 20.2 Å². The number of benzene rings is 6. The summed E-state index contributed by atoms with van der Waals surface area (Å²) in [6, 6.07) is 31.1. The van der Waals surface area contributed by atoms with Gasteiger partial charge in [0.1, 0.15) is 0 Å². The molecule has 0 bridgehead atoms. The highest BCUT2D eigenvalue weighted by Crippen LogP contribution is 2.26. The van der Waals surface area contributed by atoms with Crippen molar-refractivity contribution in [3.05, 3.63) is 167 Å². The van der Waals surface area contributed by atoms with Gasteiger partial charge in [-0.1, -0.05) is 24.3 Å². The SMILES string of the molecule is Cc1ccc(C(=O)Nc2ccc(S(=O)(=O)O)cc2)cc1N=C(O)c1cccc(N=C(O)Nc2cccc(C(O)=Nc3cc(C(=O)Nc4ccc(S(=O)(=O)O)cc4)ccc3C)c2)c1. The van der Waals surface area contributed by atoms with Gasteiger partial charge in [0.05, 0.1) is 26.9 Å². The summed E-state index contributed by atoms with van der Waals surface area (Å²) in [5, 5.41) is 40.7. The van der Waals surface area contributed by atoms with E-state index < -0.39 is 49.9 Å². The molecule has 62 heavy (non-hydrogen) atoms. The van der Waals surface area contributed by atoms with Gasteiger partial charge >= 0.3 is 0 Å². The Morgan fingerprint density at radius 3 is 1.35 bits per heavy atom. The first-order valence-corrected chi connectivity index (χ1v) is 21.0. The number of anilines is 3. The quantitative estimate of drug-likeness (QED) is 0.0328. The Morgan fingerprint density at radius 1 is 0.468 bits per heavy atom. The smallest absolute Gasteiger partial charge is 0.294 e. The summed E-state index contributed by atoms with van der Waals surface area (Å²) >= 11 is 0. The lowest BCUT2D eigenvalue weighted by Crippen LogP contribution is -2.12. The Hall–Kier alpha value is -7.71. The number of hydrogen-bond acceptors (Lipinski definition) is 9. The van der Waals surface area contributed by atoms with E-state index in [4.69, 9.17) is 0 Å². The van der Waals surface area contributed by atoms with E-state index in [-0.39, 0.29) is 60.5 Å². The van der Waals surface area contributed by atoms with Crippen LogP contribution in [0.2, 0.25) is 0 Å². The molecular weight excluding hydrogens is 841 g/mol. The van der Waals surface area contributed by atoms with Crippen molar-refractivity contribution in [2.24, 2.45) is 15.0 Å². The number of amidine groups is 1. The molecule has 6 rings (SSSR count).